The Balaban J connectivity index is 1.90. The van der Waals surface area contributed by atoms with E-state index in [2.05, 4.69) is 36.5 Å². The lowest BCUT2D eigenvalue weighted by Crippen LogP contribution is -2.19. The second kappa shape index (κ2) is 7.71. The van der Waals surface area contributed by atoms with E-state index in [1.165, 1.54) is 11.1 Å². The predicted molar refractivity (Wildman–Crippen MR) is 84.4 cm³/mol. The Morgan fingerprint density at radius 2 is 1.70 bits per heavy atom. The number of hydrogen-bond acceptors (Lipinski definition) is 2. The standard InChI is InChI=1S/C18H23NO/c1-15-8-10-16(11-9-15)17(14-19-2)12-13-20-18-6-4-3-5-7-18/h3-11,17,19H,12-14H2,1-2H3. The molecule has 106 valence electrons. The van der Waals surface area contributed by atoms with E-state index < -0.39 is 0 Å². The molecule has 0 saturated heterocycles. The van der Waals surface area contributed by atoms with E-state index in [-0.39, 0.29) is 0 Å². The summed E-state index contributed by atoms with van der Waals surface area (Å²) in [4.78, 5) is 0. The molecule has 20 heavy (non-hydrogen) atoms. The van der Waals surface area contributed by atoms with E-state index in [4.69, 9.17) is 4.74 Å². The zero-order valence-corrected chi connectivity index (χ0v) is 12.3. The third-order valence-electron chi connectivity index (χ3n) is 3.48. The molecule has 1 N–H and O–H groups in total. The highest BCUT2D eigenvalue weighted by Gasteiger charge is 2.10. The monoisotopic (exact) mass is 269 g/mol. The van der Waals surface area contributed by atoms with Crippen molar-refractivity contribution in [3.8, 4) is 5.75 Å². The third-order valence-corrected chi connectivity index (χ3v) is 3.48. The lowest BCUT2D eigenvalue weighted by molar-refractivity contribution is 0.296. The lowest BCUT2D eigenvalue weighted by Gasteiger charge is -2.17. The third kappa shape index (κ3) is 4.39. The molecule has 1 unspecified atom stereocenters. The zero-order valence-electron chi connectivity index (χ0n) is 12.3. The van der Waals surface area contributed by atoms with Crippen LogP contribution in [0.2, 0.25) is 0 Å². The SMILES string of the molecule is CNCC(CCOc1ccccc1)c1ccc(C)cc1. The fraction of sp³-hybridized carbons (Fsp3) is 0.333. The van der Waals surface area contributed by atoms with Crippen LogP contribution in [-0.4, -0.2) is 20.2 Å². The highest BCUT2D eigenvalue weighted by molar-refractivity contribution is 5.25. The Kier molecular flexibility index (Phi) is 5.63. The van der Waals surface area contributed by atoms with Gasteiger partial charge in [0.05, 0.1) is 6.61 Å². The molecule has 0 heterocycles. The van der Waals surface area contributed by atoms with Crippen molar-refractivity contribution in [2.24, 2.45) is 0 Å². The van der Waals surface area contributed by atoms with Gasteiger partial charge in [0, 0.05) is 6.54 Å². The summed E-state index contributed by atoms with van der Waals surface area (Å²) in [6, 6.07) is 18.8. The van der Waals surface area contributed by atoms with Gasteiger partial charge < -0.3 is 10.1 Å². The number of rotatable bonds is 7. The fourth-order valence-corrected chi connectivity index (χ4v) is 2.31. The minimum absolute atomic E-state index is 0.490. The predicted octanol–water partition coefficient (Wildman–Crippen LogP) is 3.77. The molecular formula is C18H23NO. The van der Waals surface area contributed by atoms with Crippen LogP contribution in [0.15, 0.2) is 54.6 Å². The van der Waals surface area contributed by atoms with Crippen LogP contribution in [0.4, 0.5) is 0 Å². The second-order valence-electron chi connectivity index (χ2n) is 5.12. The van der Waals surface area contributed by atoms with Crippen molar-refractivity contribution >= 4 is 0 Å². The van der Waals surface area contributed by atoms with Crippen molar-refractivity contribution in [3.05, 3.63) is 65.7 Å². The van der Waals surface area contributed by atoms with E-state index in [0.717, 1.165) is 25.3 Å². The fourth-order valence-electron chi connectivity index (χ4n) is 2.31. The molecule has 2 heteroatoms. The molecule has 2 rings (SSSR count). The first-order valence-corrected chi connectivity index (χ1v) is 7.18. The molecule has 2 nitrogen and oxygen atoms in total. The van der Waals surface area contributed by atoms with Gasteiger partial charge in [0.2, 0.25) is 0 Å². The molecule has 0 aliphatic heterocycles. The summed E-state index contributed by atoms with van der Waals surface area (Å²) in [7, 11) is 2.00. The Morgan fingerprint density at radius 3 is 2.35 bits per heavy atom. The maximum absolute atomic E-state index is 5.80. The smallest absolute Gasteiger partial charge is 0.119 e. The molecule has 0 aromatic heterocycles. The van der Waals surface area contributed by atoms with Gasteiger partial charge in [0.15, 0.2) is 0 Å². The van der Waals surface area contributed by atoms with Crippen molar-refractivity contribution in [3.63, 3.8) is 0 Å². The first-order chi connectivity index (χ1) is 9.79. The van der Waals surface area contributed by atoms with Gasteiger partial charge in [0.1, 0.15) is 5.75 Å². The Labute approximate surface area is 121 Å². The summed E-state index contributed by atoms with van der Waals surface area (Å²) in [5.41, 5.74) is 2.68. The Hall–Kier alpha value is -1.80. The van der Waals surface area contributed by atoms with Crippen LogP contribution < -0.4 is 10.1 Å². The largest absolute Gasteiger partial charge is 0.494 e. The van der Waals surface area contributed by atoms with Gasteiger partial charge in [0.25, 0.3) is 0 Å². The minimum atomic E-state index is 0.490. The van der Waals surface area contributed by atoms with Gasteiger partial charge >= 0.3 is 0 Å². The topological polar surface area (TPSA) is 21.3 Å². The van der Waals surface area contributed by atoms with Gasteiger partial charge in [-0.15, -0.1) is 0 Å². The summed E-state index contributed by atoms with van der Waals surface area (Å²) >= 11 is 0. The Morgan fingerprint density at radius 1 is 1.00 bits per heavy atom. The summed E-state index contributed by atoms with van der Waals surface area (Å²) in [5.74, 6) is 1.43. The van der Waals surface area contributed by atoms with Crippen LogP contribution in [0.3, 0.4) is 0 Å². The maximum Gasteiger partial charge on any atom is 0.119 e. The molecule has 0 amide bonds. The highest BCUT2D eigenvalue weighted by atomic mass is 16.5. The van der Waals surface area contributed by atoms with Crippen LogP contribution in [0, 0.1) is 6.92 Å². The quantitative estimate of drug-likeness (QED) is 0.826. The van der Waals surface area contributed by atoms with E-state index >= 15 is 0 Å². The summed E-state index contributed by atoms with van der Waals surface area (Å²) < 4.78 is 5.80. The van der Waals surface area contributed by atoms with E-state index in [0.29, 0.717) is 5.92 Å². The first kappa shape index (κ1) is 14.6. The molecule has 2 aromatic carbocycles. The average molecular weight is 269 g/mol. The number of ether oxygens (including phenoxy) is 1. The molecule has 0 fully saturated rings. The van der Waals surface area contributed by atoms with Gasteiger partial charge in [-0.1, -0.05) is 48.0 Å². The van der Waals surface area contributed by atoms with Crippen LogP contribution in [0.5, 0.6) is 5.75 Å². The molecule has 2 aromatic rings. The number of para-hydroxylation sites is 1. The lowest BCUT2D eigenvalue weighted by atomic mass is 9.95. The van der Waals surface area contributed by atoms with E-state index in [1.54, 1.807) is 0 Å². The maximum atomic E-state index is 5.80. The van der Waals surface area contributed by atoms with Gasteiger partial charge in [-0.2, -0.15) is 0 Å². The number of hydrogen-bond donors (Lipinski definition) is 1. The van der Waals surface area contributed by atoms with Crippen molar-refractivity contribution in [1.29, 1.82) is 0 Å². The van der Waals surface area contributed by atoms with Gasteiger partial charge in [-0.25, -0.2) is 0 Å². The minimum Gasteiger partial charge on any atom is -0.494 e. The average Bonchev–Trinajstić information content (AvgIpc) is 2.48. The number of nitrogens with one attached hydrogen (secondary N) is 1. The number of aryl methyl sites for hydroxylation is 1. The molecule has 0 radical (unpaired) electrons. The van der Waals surface area contributed by atoms with Crippen molar-refractivity contribution in [2.45, 2.75) is 19.3 Å². The van der Waals surface area contributed by atoms with Crippen molar-refractivity contribution < 1.29 is 4.74 Å². The molecule has 0 bridgehead atoms. The molecule has 0 spiro atoms. The van der Waals surface area contributed by atoms with E-state index in [1.807, 2.05) is 37.4 Å². The number of benzene rings is 2. The molecular weight excluding hydrogens is 246 g/mol. The second-order valence-corrected chi connectivity index (χ2v) is 5.12. The summed E-state index contributed by atoms with van der Waals surface area (Å²) in [6.45, 7) is 3.83. The van der Waals surface area contributed by atoms with Crippen LogP contribution in [-0.2, 0) is 0 Å². The molecule has 1 atom stereocenters. The summed E-state index contributed by atoms with van der Waals surface area (Å²) in [5, 5.41) is 3.27. The normalized spacial score (nSPS) is 12.1. The number of likely N-dealkylation sites (N-methyl/N-ethyl adjacent to an activating group) is 1. The first-order valence-electron chi connectivity index (χ1n) is 7.18. The van der Waals surface area contributed by atoms with Gasteiger partial charge in [-0.3, -0.25) is 0 Å². The zero-order chi connectivity index (χ0) is 14.2. The molecule has 0 aliphatic carbocycles. The molecule has 0 aliphatic rings. The van der Waals surface area contributed by atoms with Crippen molar-refractivity contribution in [2.75, 3.05) is 20.2 Å². The van der Waals surface area contributed by atoms with Crippen LogP contribution in [0.1, 0.15) is 23.5 Å². The van der Waals surface area contributed by atoms with Crippen LogP contribution >= 0.6 is 0 Å². The molecule has 0 saturated carbocycles. The Bertz CT molecular complexity index is 493. The van der Waals surface area contributed by atoms with Gasteiger partial charge in [-0.05, 0) is 44.0 Å². The van der Waals surface area contributed by atoms with Crippen LogP contribution in [0.25, 0.3) is 0 Å². The summed E-state index contributed by atoms with van der Waals surface area (Å²) in [6.07, 6.45) is 1.01. The highest BCUT2D eigenvalue weighted by Crippen LogP contribution is 2.20. The van der Waals surface area contributed by atoms with E-state index in [9.17, 15) is 0 Å². The van der Waals surface area contributed by atoms with Crippen molar-refractivity contribution in [1.82, 2.24) is 5.32 Å².